The van der Waals surface area contributed by atoms with Gasteiger partial charge >= 0.3 is 0 Å². The summed E-state index contributed by atoms with van der Waals surface area (Å²) in [5, 5.41) is 0. The molecule has 1 aromatic rings. The summed E-state index contributed by atoms with van der Waals surface area (Å²) in [6.07, 6.45) is 1.28. The Morgan fingerprint density at radius 2 is 1.80 bits per heavy atom. The van der Waals surface area contributed by atoms with Crippen LogP contribution < -0.4 is 5.73 Å². The lowest BCUT2D eigenvalue weighted by atomic mass is 10.1. The fourth-order valence-corrected chi connectivity index (χ4v) is 1.36. The molecule has 0 saturated heterocycles. The van der Waals surface area contributed by atoms with E-state index in [0.29, 0.717) is 6.04 Å². The topological polar surface area (TPSA) is 27.6 Å². The standard InChI is InChI=1S/C9H11N/c10-9-6-8(9)7-4-2-1-3-5-7/h1-5,8-9H,6,10H2/p+1/t8-,9+/m0/s1. The number of quaternary nitrogens is 1. The molecule has 1 nitrogen and oxygen atoms in total. The van der Waals surface area contributed by atoms with Gasteiger partial charge < -0.3 is 5.73 Å². The lowest BCUT2D eigenvalue weighted by Crippen LogP contribution is -2.53. The van der Waals surface area contributed by atoms with Gasteiger partial charge in [0.1, 0.15) is 0 Å². The molecule has 0 amide bonds. The zero-order chi connectivity index (χ0) is 6.97. The lowest BCUT2D eigenvalue weighted by Gasteiger charge is -1.92. The first-order chi connectivity index (χ1) is 4.88. The van der Waals surface area contributed by atoms with Crippen LogP contribution in [0.5, 0.6) is 0 Å². The summed E-state index contributed by atoms with van der Waals surface area (Å²) in [5.74, 6) is 0.765. The highest BCUT2D eigenvalue weighted by Gasteiger charge is 2.38. The van der Waals surface area contributed by atoms with Crippen molar-refractivity contribution in [3.05, 3.63) is 35.9 Å². The number of rotatable bonds is 1. The van der Waals surface area contributed by atoms with Gasteiger partial charge in [0, 0.05) is 12.3 Å². The SMILES string of the molecule is [NH3+][C@@H]1C[C@H]1c1ccccc1. The van der Waals surface area contributed by atoms with Crippen LogP contribution in [-0.2, 0) is 0 Å². The van der Waals surface area contributed by atoms with E-state index in [0.717, 1.165) is 5.92 Å². The molecule has 1 fully saturated rings. The summed E-state index contributed by atoms with van der Waals surface area (Å²) in [4.78, 5) is 0. The molecule has 52 valence electrons. The van der Waals surface area contributed by atoms with Crippen molar-refractivity contribution in [2.75, 3.05) is 0 Å². The van der Waals surface area contributed by atoms with Crippen LogP contribution >= 0.6 is 0 Å². The molecule has 1 heteroatoms. The van der Waals surface area contributed by atoms with Gasteiger partial charge in [0.05, 0.1) is 6.04 Å². The summed E-state index contributed by atoms with van der Waals surface area (Å²) in [6, 6.07) is 11.3. The fourth-order valence-electron chi connectivity index (χ4n) is 1.36. The molecule has 0 bridgehead atoms. The van der Waals surface area contributed by atoms with Crippen molar-refractivity contribution in [3.8, 4) is 0 Å². The highest BCUT2D eigenvalue weighted by atomic mass is 14.7. The molecule has 1 saturated carbocycles. The van der Waals surface area contributed by atoms with E-state index in [4.69, 9.17) is 0 Å². The molecule has 0 spiro atoms. The van der Waals surface area contributed by atoms with Gasteiger partial charge in [0.2, 0.25) is 0 Å². The third kappa shape index (κ3) is 0.929. The number of benzene rings is 1. The van der Waals surface area contributed by atoms with Crippen molar-refractivity contribution in [2.45, 2.75) is 18.4 Å². The Balaban J connectivity index is 2.20. The maximum Gasteiger partial charge on any atom is 0.0923 e. The molecule has 10 heavy (non-hydrogen) atoms. The Morgan fingerprint density at radius 3 is 2.30 bits per heavy atom. The van der Waals surface area contributed by atoms with Crippen molar-refractivity contribution >= 4 is 0 Å². The predicted molar refractivity (Wildman–Crippen MR) is 40.5 cm³/mol. The second-order valence-corrected chi connectivity index (χ2v) is 3.01. The molecular weight excluding hydrogens is 122 g/mol. The van der Waals surface area contributed by atoms with Crippen LogP contribution in [0.2, 0.25) is 0 Å². The minimum absolute atomic E-state index is 0.683. The first kappa shape index (κ1) is 5.93. The summed E-state index contributed by atoms with van der Waals surface area (Å²) in [6.45, 7) is 0. The second kappa shape index (κ2) is 2.10. The lowest BCUT2D eigenvalue weighted by molar-refractivity contribution is -0.386. The van der Waals surface area contributed by atoms with Gasteiger partial charge in [-0.25, -0.2) is 0 Å². The van der Waals surface area contributed by atoms with Crippen LogP contribution in [0.3, 0.4) is 0 Å². The zero-order valence-electron chi connectivity index (χ0n) is 5.96. The van der Waals surface area contributed by atoms with Gasteiger partial charge in [-0.1, -0.05) is 30.3 Å². The number of hydrogen-bond acceptors (Lipinski definition) is 0. The Bertz CT molecular complexity index is 217. The van der Waals surface area contributed by atoms with E-state index >= 15 is 0 Å². The normalized spacial score (nSPS) is 30.1. The van der Waals surface area contributed by atoms with Crippen LogP contribution in [0.4, 0.5) is 0 Å². The number of hydrogen-bond donors (Lipinski definition) is 1. The molecular formula is C9H12N+. The van der Waals surface area contributed by atoms with E-state index in [2.05, 4.69) is 36.1 Å². The van der Waals surface area contributed by atoms with E-state index < -0.39 is 0 Å². The maximum absolute atomic E-state index is 4.01. The van der Waals surface area contributed by atoms with Gasteiger partial charge in [0.15, 0.2) is 0 Å². The minimum atomic E-state index is 0.683. The van der Waals surface area contributed by atoms with Crippen LogP contribution in [-0.4, -0.2) is 6.04 Å². The Hall–Kier alpha value is -0.820. The maximum atomic E-state index is 4.01. The molecule has 3 N–H and O–H groups in total. The Kier molecular flexibility index (Phi) is 1.24. The molecule has 2 atom stereocenters. The van der Waals surface area contributed by atoms with Crippen molar-refractivity contribution < 1.29 is 5.73 Å². The van der Waals surface area contributed by atoms with E-state index in [1.54, 1.807) is 0 Å². The summed E-state index contributed by atoms with van der Waals surface area (Å²) in [5.41, 5.74) is 5.47. The molecule has 1 aliphatic carbocycles. The summed E-state index contributed by atoms with van der Waals surface area (Å²) < 4.78 is 0. The van der Waals surface area contributed by atoms with Crippen molar-refractivity contribution in [1.82, 2.24) is 0 Å². The Labute approximate surface area is 60.9 Å². The molecule has 0 aliphatic heterocycles. The molecule has 0 radical (unpaired) electrons. The predicted octanol–water partition coefficient (Wildman–Crippen LogP) is 0.784. The van der Waals surface area contributed by atoms with E-state index in [1.165, 1.54) is 12.0 Å². The van der Waals surface area contributed by atoms with Crippen LogP contribution in [0, 0.1) is 0 Å². The first-order valence-electron chi connectivity index (χ1n) is 3.76. The van der Waals surface area contributed by atoms with Crippen molar-refractivity contribution in [3.63, 3.8) is 0 Å². The molecule has 1 aliphatic rings. The molecule has 0 heterocycles. The van der Waals surface area contributed by atoms with E-state index in [1.807, 2.05) is 0 Å². The van der Waals surface area contributed by atoms with Gasteiger partial charge in [-0.15, -0.1) is 0 Å². The van der Waals surface area contributed by atoms with Crippen molar-refractivity contribution in [1.29, 1.82) is 0 Å². The molecule has 0 aromatic heterocycles. The smallest absolute Gasteiger partial charge is 0.0923 e. The van der Waals surface area contributed by atoms with Gasteiger partial charge in [-0.3, -0.25) is 0 Å². The largest absolute Gasteiger partial charge is 0.355 e. The molecule has 1 aromatic carbocycles. The molecule has 0 unspecified atom stereocenters. The molecule has 2 rings (SSSR count). The van der Waals surface area contributed by atoms with Crippen LogP contribution in [0.1, 0.15) is 17.9 Å². The highest BCUT2D eigenvalue weighted by molar-refractivity contribution is 5.25. The summed E-state index contributed by atoms with van der Waals surface area (Å²) in [7, 11) is 0. The van der Waals surface area contributed by atoms with Gasteiger partial charge in [0.25, 0.3) is 0 Å². The third-order valence-corrected chi connectivity index (χ3v) is 2.15. The second-order valence-electron chi connectivity index (χ2n) is 3.01. The van der Waals surface area contributed by atoms with Crippen molar-refractivity contribution in [2.24, 2.45) is 0 Å². The van der Waals surface area contributed by atoms with Gasteiger partial charge in [-0.2, -0.15) is 0 Å². The van der Waals surface area contributed by atoms with E-state index in [9.17, 15) is 0 Å². The monoisotopic (exact) mass is 134 g/mol. The third-order valence-electron chi connectivity index (χ3n) is 2.15. The minimum Gasteiger partial charge on any atom is -0.355 e. The first-order valence-corrected chi connectivity index (χ1v) is 3.76. The summed E-state index contributed by atoms with van der Waals surface area (Å²) >= 11 is 0. The van der Waals surface area contributed by atoms with E-state index in [-0.39, 0.29) is 0 Å². The quantitative estimate of drug-likeness (QED) is 0.588. The average molecular weight is 134 g/mol. The van der Waals surface area contributed by atoms with Crippen LogP contribution in [0.25, 0.3) is 0 Å². The van der Waals surface area contributed by atoms with Crippen LogP contribution in [0.15, 0.2) is 30.3 Å². The van der Waals surface area contributed by atoms with Gasteiger partial charge in [-0.05, 0) is 5.56 Å². The average Bonchev–Trinajstić information content (AvgIpc) is 2.69. The zero-order valence-corrected chi connectivity index (χ0v) is 5.96. The fraction of sp³-hybridized carbons (Fsp3) is 0.333. The Morgan fingerprint density at radius 1 is 1.20 bits per heavy atom. The highest BCUT2D eigenvalue weighted by Crippen LogP contribution is 2.37.